The summed E-state index contributed by atoms with van der Waals surface area (Å²) in [7, 11) is 3.12. The highest BCUT2D eigenvalue weighted by atomic mass is 16.5. The van der Waals surface area contributed by atoms with Crippen molar-refractivity contribution in [1.82, 2.24) is 5.32 Å². The van der Waals surface area contributed by atoms with Crippen LogP contribution in [0, 0.1) is 17.2 Å². The van der Waals surface area contributed by atoms with Crippen LogP contribution < -0.4 is 19.7 Å². The minimum absolute atomic E-state index is 0.123. The van der Waals surface area contributed by atoms with E-state index < -0.39 is 5.92 Å². The lowest BCUT2D eigenvalue weighted by Crippen LogP contribution is -2.32. The SMILES string of the molecule is COc1ccc(CNC(=O)C2CC(=O)N(c3ccccc3C#N)C2)cc1OC. The topological polar surface area (TPSA) is 91.7 Å². The maximum absolute atomic E-state index is 12.6. The van der Waals surface area contributed by atoms with Gasteiger partial charge in [-0.3, -0.25) is 9.59 Å². The summed E-state index contributed by atoms with van der Waals surface area (Å²) in [5.74, 6) is 0.392. The lowest BCUT2D eigenvalue weighted by atomic mass is 10.1. The van der Waals surface area contributed by atoms with Crippen LogP contribution in [-0.2, 0) is 16.1 Å². The van der Waals surface area contributed by atoms with Gasteiger partial charge in [0.1, 0.15) is 6.07 Å². The van der Waals surface area contributed by atoms with E-state index in [0.717, 1.165) is 5.56 Å². The predicted octanol–water partition coefficient (Wildman–Crippen LogP) is 2.24. The molecule has 1 atom stereocenters. The van der Waals surface area contributed by atoms with Crippen molar-refractivity contribution in [3.8, 4) is 17.6 Å². The Morgan fingerprint density at radius 1 is 1.21 bits per heavy atom. The van der Waals surface area contributed by atoms with Gasteiger partial charge in [0, 0.05) is 19.5 Å². The van der Waals surface area contributed by atoms with Crippen molar-refractivity contribution in [3.05, 3.63) is 53.6 Å². The first kappa shape index (κ1) is 19.2. The van der Waals surface area contributed by atoms with E-state index in [1.54, 1.807) is 50.6 Å². The molecule has 1 fully saturated rings. The molecule has 1 N–H and O–H groups in total. The van der Waals surface area contributed by atoms with Gasteiger partial charge in [-0.1, -0.05) is 18.2 Å². The molecule has 1 aliphatic rings. The summed E-state index contributed by atoms with van der Waals surface area (Å²) >= 11 is 0. The van der Waals surface area contributed by atoms with Gasteiger partial charge in [-0.05, 0) is 29.8 Å². The van der Waals surface area contributed by atoms with Crippen LogP contribution in [-0.4, -0.2) is 32.6 Å². The summed E-state index contributed by atoms with van der Waals surface area (Å²) in [6.07, 6.45) is 0.123. The number of nitriles is 1. The fourth-order valence-electron chi connectivity index (χ4n) is 3.24. The molecule has 28 heavy (non-hydrogen) atoms. The molecule has 2 amide bonds. The van der Waals surface area contributed by atoms with E-state index in [9.17, 15) is 14.9 Å². The Morgan fingerprint density at radius 2 is 1.96 bits per heavy atom. The largest absolute Gasteiger partial charge is 0.493 e. The number of amides is 2. The van der Waals surface area contributed by atoms with Gasteiger partial charge < -0.3 is 19.7 Å². The molecule has 1 unspecified atom stereocenters. The Bertz CT molecular complexity index is 935. The zero-order valence-electron chi connectivity index (χ0n) is 15.8. The number of para-hydroxylation sites is 1. The molecule has 0 saturated carbocycles. The molecule has 1 saturated heterocycles. The molecule has 1 heterocycles. The van der Waals surface area contributed by atoms with Crippen LogP contribution in [0.2, 0.25) is 0 Å². The fourth-order valence-corrected chi connectivity index (χ4v) is 3.24. The highest BCUT2D eigenvalue weighted by molar-refractivity contribution is 6.01. The smallest absolute Gasteiger partial charge is 0.227 e. The first-order chi connectivity index (χ1) is 13.6. The second kappa shape index (κ2) is 8.44. The van der Waals surface area contributed by atoms with E-state index in [1.807, 2.05) is 6.07 Å². The van der Waals surface area contributed by atoms with Gasteiger partial charge in [0.05, 0.1) is 31.4 Å². The van der Waals surface area contributed by atoms with Crippen LogP contribution in [0.5, 0.6) is 11.5 Å². The van der Waals surface area contributed by atoms with Crippen molar-refractivity contribution < 1.29 is 19.1 Å². The predicted molar refractivity (Wildman–Crippen MR) is 103 cm³/mol. The number of ether oxygens (including phenoxy) is 2. The third kappa shape index (κ3) is 3.91. The molecule has 0 radical (unpaired) electrons. The van der Waals surface area contributed by atoms with E-state index in [4.69, 9.17) is 9.47 Å². The van der Waals surface area contributed by atoms with E-state index >= 15 is 0 Å². The second-order valence-corrected chi connectivity index (χ2v) is 6.44. The standard InChI is InChI=1S/C21H21N3O4/c1-27-18-8-7-14(9-19(18)28-2)12-23-21(26)16-10-20(25)24(13-16)17-6-4-3-5-15(17)11-22/h3-9,16H,10,12-13H2,1-2H3,(H,23,26). The molecule has 0 aromatic heterocycles. The number of hydrogen-bond acceptors (Lipinski definition) is 5. The van der Waals surface area contributed by atoms with Crippen LogP contribution in [0.15, 0.2) is 42.5 Å². The Hall–Kier alpha value is -3.53. The Balaban J connectivity index is 1.65. The lowest BCUT2D eigenvalue weighted by molar-refractivity contribution is -0.126. The van der Waals surface area contributed by atoms with E-state index in [2.05, 4.69) is 11.4 Å². The van der Waals surface area contributed by atoms with Gasteiger partial charge in [0.25, 0.3) is 0 Å². The molecule has 7 heteroatoms. The van der Waals surface area contributed by atoms with Crippen molar-refractivity contribution in [2.75, 3.05) is 25.7 Å². The van der Waals surface area contributed by atoms with Crippen molar-refractivity contribution >= 4 is 17.5 Å². The number of hydrogen-bond donors (Lipinski definition) is 1. The Morgan fingerprint density at radius 3 is 2.68 bits per heavy atom. The maximum atomic E-state index is 12.6. The molecular weight excluding hydrogens is 358 g/mol. The summed E-state index contributed by atoms with van der Waals surface area (Å²) in [5.41, 5.74) is 1.83. The van der Waals surface area contributed by atoms with Gasteiger partial charge in [-0.2, -0.15) is 5.26 Å². The minimum atomic E-state index is -0.459. The van der Waals surface area contributed by atoms with Gasteiger partial charge in [0.2, 0.25) is 11.8 Å². The molecule has 3 rings (SSSR count). The number of carbonyl (C=O) groups excluding carboxylic acids is 2. The van der Waals surface area contributed by atoms with Crippen molar-refractivity contribution in [2.45, 2.75) is 13.0 Å². The summed E-state index contributed by atoms with van der Waals surface area (Å²) in [4.78, 5) is 26.5. The van der Waals surface area contributed by atoms with Crippen molar-refractivity contribution in [3.63, 3.8) is 0 Å². The van der Waals surface area contributed by atoms with Crippen LogP contribution >= 0.6 is 0 Å². The number of benzene rings is 2. The minimum Gasteiger partial charge on any atom is -0.493 e. The summed E-state index contributed by atoms with van der Waals surface area (Å²) in [6.45, 7) is 0.577. The number of nitrogens with zero attached hydrogens (tertiary/aromatic N) is 2. The number of anilines is 1. The van der Waals surface area contributed by atoms with Crippen LogP contribution in [0.3, 0.4) is 0 Å². The van der Waals surface area contributed by atoms with E-state index in [0.29, 0.717) is 29.3 Å². The quantitative estimate of drug-likeness (QED) is 0.831. The number of rotatable bonds is 6. The molecule has 144 valence electrons. The van der Waals surface area contributed by atoms with Gasteiger partial charge in [-0.15, -0.1) is 0 Å². The normalized spacial score (nSPS) is 15.8. The van der Waals surface area contributed by atoms with Crippen molar-refractivity contribution in [1.29, 1.82) is 5.26 Å². The lowest BCUT2D eigenvalue weighted by Gasteiger charge is -2.18. The second-order valence-electron chi connectivity index (χ2n) is 6.44. The van der Waals surface area contributed by atoms with Crippen LogP contribution in [0.25, 0.3) is 0 Å². The first-order valence-electron chi connectivity index (χ1n) is 8.85. The van der Waals surface area contributed by atoms with Gasteiger partial charge in [0.15, 0.2) is 11.5 Å². The molecular formula is C21H21N3O4. The highest BCUT2D eigenvalue weighted by Crippen LogP contribution is 2.29. The molecule has 0 aliphatic carbocycles. The van der Waals surface area contributed by atoms with E-state index in [-0.39, 0.29) is 24.8 Å². The Labute approximate surface area is 163 Å². The molecule has 1 aliphatic heterocycles. The zero-order valence-corrected chi connectivity index (χ0v) is 15.8. The third-order valence-electron chi connectivity index (χ3n) is 4.73. The summed E-state index contributed by atoms with van der Waals surface area (Å²) < 4.78 is 10.5. The van der Waals surface area contributed by atoms with Crippen LogP contribution in [0.1, 0.15) is 17.5 Å². The molecule has 2 aromatic carbocycles. The number of carbonyl (C=O) groups is 2. The molecule has 0 spiro atoms. The molecule has 7 nitrogen and oxygen atoms in total. The Kier molecular flexibility index (Phi) is 5.80. The highest BCUT2D eigenvalue weighted by Gasteiger charge is 2.35. The summed E-state index contributed by atoms with van der Waals surface area (Å²) in [5, 5.41) is 12.1. The maximum Gasteiger partial charge on any atom is 0.227 e. The summed E-state index contributed by atoms with van der Waals surface area (Å²) in [6, 6.07) is 14.4. The zero-order chi connectivity index (χ0) is 20.1. The average molecular weight is 379 g/mol. The number of methoxy groups -OCH3 is 2. The van der Waals surface area contributed by atoms with Gasteiger partial charge >= 0.3 is 0 Å². The monoisotopic (exact) mass is 379 g/mol. The average Bonchev–Trinajstić information content (AvgIpc) is 3.13. The number of nitrogens with one attached hydrogen (secondary N) is 1. The third-order valence-corrected chi connectivity index (χ3v) is 4.73. The molecule has 0 bridgehead atoms. The van der Waals surface area contributed by atoms with Crippen molar-refractivity contribution in [2.24, 2.45) is 5.92 Å². The van der Waals surface area contributed by atoms with Crippen LogP contribution in [0.4, 0.5) is 5.69 Å². The van der Waals surface area contributed by atoms with E-state index in [1.165, 1.54) is 4.90 Å². The molecule has 2 aromatic rings. The van der Waals surface area contributed by atoms with Gasteiger partial charge in [-0.25, -0.2) is 0 Å². The first-order valence-corrected chi connectivity index (χ1v) is 8.85. The fraction of sp³-hybridized carbons (Fsp3) is 0.286.